The van der Waals surface area contributed by atoms with E-state index in [0.717, 1.165) is 6.07 Å². The molecule has 17 heavy (non-hydrogen) atoms. The van der Waals surface area contributed by atoms with E-state index in [-0.39, 0.29) is 17.4 Å². The van der Waals surface area contributed by atoms with Crippen LogP contribution >= 0.6 is 11.8 Å². The first-order valence-electron chi connectivity index (χ1n) is 5.28. The van der Waals surface area contributed by atoms with Crippen LogP contribution in [0.4, 0.5) is 4.39 Å². The third-order valence-corrected chi connectivity index (χ3v) is 3.58. The van der Waals surface area contributed by atoms with Gasteiger partial charge in [-0.05, 0) is 30.2 Å². The Hall–Kier alpha value is -1.07. The fraction of sp³-hybridized carbons (Fsp3) is 0.417. The van der Waals surface area contributed by atoms with Gasteiger partial charge >= 0.3 is 5.97 Å². The van der Waals surface area contributed by atoms with E-state index in [1.807, 2.05) is 6.92 Å². The number of aromatic carboxylic acids is 1. The number of benzene rings is 1. The summed E-state index contributed by atoms with van der Waals surface area (Å²) in [7, 11) is 0. The predicted molar refractivity (Wildman–Crippen MR) is 65.8 cm³/mol. The minimum atomic E-state index is -1.13. The highest BCUT2D eigenvalue weighted by Gasteiger charge is 2.08. The van der Waals surface area contributed by atoms with Gasteiger partial charge in [-0.1, -0.05) is 6.92 Å². The van der Waals surface area contributed by atoms with Crippen LogP contribution in [0.1, 0.15) is 29.3 Å². The molecule has 94 valence electrons. The number of aliphatic hydroxyl groups excluding tert-OH is 1. The van der Waals surface area contributed by atoms with Gasteiger partial charge in [-0.25, -0.2) is 9.18 Å². The maximum atomic E-state index is 13.1. The molecule has 0 spiro atoms. The van der Waals surface area contributed by atoms with Crippen molar-refractivity contribution in [2.24, 2.45) is 0 Å². The highest BCUT2D eigenvalue weighted by Crippen LogP contribution is 2.21. The third kappa shape index (κ3) is 4.75. The van der Waals surface area contributed by atoms with Gasteiger partial charge in [-0.15, -0.1) is 0 Å². The summed E-state index contributed by atoms with van der Waals surface area (Å²) in [5, 5.41) is 17.8. The summed E-state index contributed by atoms with van der Waals surface area (Å²) in [5.74, 6) is -1.12. The molecule has 0 aliphatic carbocycles. The zero-order valence-electron chi connectivity index (χ0n) is 9.52. The second kappa shape index (κ2) is 6.61. The Morgan fingerprint density at radius 1 is 1.47 bits per heavy atom. The lowest BCUT2D eigenvalue weighted by atomic mass is 10.1. The smallest absolute Gasteiger partial charge is 0.335 e. The molecule has 0 aliphatic rings. The number of carboxylic acids is 1. The van der Waals surface area contributed by atoms with Crippen molar-refractivity contribution in [3.8, 4) is 0 Å². The number of carboxylic acid groups (broad SMARTS) is 1. The van der Waals surface area contributed by atoms with Crippen molar-refractivity contribution in [3.63, 3.8) is 0 Å². The van der Waals surface area contributed by atoms with Gasteiger partial charge in [0.25, 0.3) is 0 Å². The van der Waals surface area contributed by atoms with Crippen molar-refractivity contribution in [1.29, 1.82) is 0 Å². The molecular formula is C12H15FO3S. The van der Waals surface area contributed by atoms with E-state index in [4.69, 9.17) is 10.2 Å². The number of thioether (sulfide) groups is 1. The molecule has 1 rings (SSSR count). The van der Waals surface area contributed by atoms with E-state index in [1.165, 1.54) is 12.1 Å². The van der Waals surface area contributed by atoms with Crippen molar-refractivity contribution >= 4 is 17.7 Å². The quantitative estimate of drug-likeness (QED) is 0.823. The predicted octanol–water partition coefficient (Wildman–Crippen LogP) is 2.53. The van der Waals surface area contributed by atoms with Gasteiger partial charge in [-0.3, -0.25) is 0 Å². The molecule has 0 saturated heterocycles. The molecule has 0 aliphatic heterocycles. The molecule has 1 atom stereocenters. The van der Waals surface area contributed by atoms with Crippen LogP contribution in [-0.2, 0) is 5.75 Å². The van der Waals surface area contributed by atoms with Crippen molar-refractivity contribution in [2.45, 2.75) is 24.3 Å². The molecule has 0 amide bonds. The summed E-state index contributed by atoms with van der Waals surface area (Å²) < 4.78 is 13.1. The first-order valence-corrected chi connectivity index (χ1v) is 6.33. The number of rotatable bonds is 6. The maximum Gasteiger partial charge on any atom is 0.335 e. The minimum absolute atomic E-state index is 0.0320. The van der Waals surface area contributed by atoms with Crippen LogP contribution in [0.2, 0.25) is 0 Å². The molecule has 0 fully saturated rings. The monoisotopic (exact) mass is 258 g/mol. The van der Waals surface area contributed by atoms with E-state index >= 15 is 0 Å². The minimum Gasteiger partial charge on any atom is -0.478 e. The SMILES string of the molecule is CC(CCO)SCc1cc(F)cc(C(=O)O)c1. The Bertz CT molecular complexity index is 395. The second-order valence-corrected chi connectivity index (χ2v) is 5.21. The lowest BCUT2D eigenvalue weighted by Gasteiger charge is -2.09. The summed E-state index contributed by atoms with van der Waals surface area (Å²) >= 11 is 1.56. The average molecular weight is 258 g/mol. The van der Waals surface area contributed by atoms with Crippen LogP contribution < -0.4 is 0 Å². The molecule has 5 heteroatoms. The van der Waals surface area contributed by atoms with Crippen LogP contribution in [0.15, 0.2) is 18.2 Å². The molecule has 1 aromatic rings. The van der Waals surface area contributed by atoms with Crippen LogP contribution in [0.5, 0.6) is 0 Å². The van der Waals surface area contributed by atoms with E-state index in [0.29, 0.717) is 17.7 Å². The molecular weight excluding hydrogens is 243 g/mol. The molecule has 0 saturated carbocycles. The van der Waals surface area contributed by atoms with Gasteiger partial charge in [0.1, 0.15) is 5.82 Å². The van der Waals surface area contributed by atoms with Crippen molar-refractivity contribution in [1.82, 2.24) is 0 Å². The van der Waals surface area contributed by atoms with Crippen molar-refractivity contribution in [3.05, 3.63) is 35.1 Å². The molecule has 0 radical (unpaired) electrons. The zero-order chi connectivity index (χ0) is 12.8. The zero-order valence-corrected chi connectivity index (χ0v) is 10.3. The van der Waals surface area contributed by atoms with Crippen LogP contribution in [0.3, 0.4) is 0 Å². The normalized spacial score (nSPS) is 12.4. The van der Waals surface area contributed by atoms with Crippen LogP contribution in [0, 0.1) is 5.82 Å². The molecule has 1 aromatic carbocycles. The fourth-order valence-corrected chi connectivity index (χ4v) is 2.28. The Morgan fingerprint density at radius 2 is 2.18 bits per heavy atom. The molecule has 0 heterocycles. The van der Waals surface area contributed by atoms with E-state index in [1.54, 1.807) is 11.8 Å². The molecule has 0 aromatic heterocycles. The lowest BCUT2D eigenvalue weighted by molar-refractivity contribution is 0.0696. The molecule has 0 bridgehead atoms. The summed E-state index contributed by atoms with van der Waals surface area (Å²) in [6.07, 6.45) is 0.672. The summed E-state index contributed by atoms with van der Waals surface area (Å²) in [5.41, 5.74) is 0.618. The van der Waals surface area contributed by atoms with Crippen LogP contribution in [-0.4, -0.2) is 28.0 Å². The average Bonchev–Trinajstić information content (AvgIpc) is 2.26. The van der Waals surface area contributed by atoms with Gasteiger partial charge < -0.3 is 10.2 Å². The van der Waals surface area contributed by atoms with Gasteiger partial charge in [-0.2, -0.15) is 11.8 Å². The topological polar surface area (TPSA) is 57.5 Å². The number of hydrogen-bond acceptors (Lipinski definition) is 3. The highest BCUT2D eigenvalue weighted by atomic mass is 32.2. The van der Waals surface area contributed by atoms with Crippen LogP contribution in [0.25, 0.3) is 0 Å². The van der Waals surface area contributed by atoms with Gasteiger partial charge in [0.15, 0.2) is 0 Å². The Kier molecular flexibility index (Phi) is 5.44. The number of aliphatic hydroxyl groups is 1. The van der Waals surface area contributed by atoms with Gasteiger partial charge in [0.05, 0.1) is 5.56 Å². The van der Waals surface area contributed by atoms with Gasteiger partial charge in [0.2, 0.25) is 0 Å². The number of carbonyl (C=O) groups is 1. The standard InChI is InChI=1S/C12H15FO3S/c1-8(2-3-14)17-7-9-4-10(12(15)16)6-11(13)5-9/h4-6,8,14H,2-3,7H2,1H3,(H,15,16). The largest absolute Gasteiger partial charge is 0.478 e. The van der Waals surface area contributed by atoms with Gasteiger partial charge in [0, 0.05) is 17.6 Å². The highest BCUT2D eigenvalue weighted by molar-refractivity contribution is 7.99. The maximum absolute atomic E-state index is 13.1. The van der Waals surface area contributed by atoms with Crippen molar-refractivity contribution in [2.75, 3.05) is 6.61 Å². The summed E-state index contributed by atoms with van der Waals surface area (Å²) in [6, 6.07) is 3.82. The fourth-order valence-electron chi connectivity index (χ4n) is 1.36. The Morgan fingerprint density at radius 3 is 2.76 bits per heavy atom. The third-order valence-electron chi connectivity index (χ3n) is 2.27. The second-order valence-electron chi connectivity index (χ2n) is 3.79. The Labute approximate surface area is 104 Å². The van der Waals surface area contributed by atoms with Crippen molar-refractivity contribution < 1.29 is 19.4 Å². The van der Waals surface area contributed by atoms with E-state index < -0.39 is 11.8 Å². The molecule has 1 unspecified atom stereocenters. The van der Waals surface area contributed by atoms with E-state index in [2.05, 4.69) is 0 Å². The first-order chi connectivity index (χ1) is 8.02. The first kappa shape index (κ1) is 14.0. The number of halogens is 1. The van der Waals surface area contributed by atoms with E-state index in [9.17, 15) is 9.18 Å². The molecule has 2 N–H and O–H groups in total. The Balaban J connectivity index is 2.68. The lowest BCUT2D eigenvalue weighted by Crippen LogP contribution is -2.02. The summed E-state index contributed by atoms with van der Waals surface area (Å²) in [4.78, 5) is 10.7. The number of hydrogen-bond donors (Lipinski definition) is 2. The summed E-state index contributed by atoms with van der Waals surface area (Å²) in [6.45, 7) is 2.09. The molecule has 3 nitrogen and oxygen atoms in total.